The average Bonchev–Trinajstić information content (AvgIpc) is 2.88. The second-order valence-corrected chi connectivity index (χ2v) is 20.7. The van der Waals surface area contributed by atoms with Gasteiger partial charge in [0.25, 0.3) is 0 Å². The maximum atomic E-state index is 13.4. The Morgan fingerprint density at radius 2 is 1.74 bits per heavy atom. The molecule has 0 bridgehead atoms. The van der Waals surface area contributed by atoms with E-state index in [1.165, 1.54) is 0 Å². The molecule has 9 heteroatoms. The molecule has 0 spiro atoms. The van der Waals surface area contributed by atoms with Crippen molar-refractivity contribution in [3.8, 4) is 17.1 Å². The lowest BCUT2D eigenvalue weighted by molar-refractivity contribution is -0.271. The third-order valence-electron chi connectivity index (χ3n) is 11.4. The molecule has 1 saturated heterocycles. The van der Waals surface area contributed by atoms with Crippen LogP contribution in [-0.2, 0) is 8.85 Å². The normalized spacial score (nSPS) is 39.3. The van der Waals surface area contributed by atoms with E-state index in [9.17, 15) is 15.0 Å². The summed E-state index contributed by atoms with van der Waals surface area (Å²) < 4.78 is 26.5. The molecular formula is C33H47NO7Si. The summed E-state index contributed by atoms with van der Waals surface area (Å²) in [5, 5.41) is 23.7. The Morgan fingerprint density at radius 3 is 2.36 bits per heavy atom. The highest BCUT2D eigenvalue weighted by molar-refractivity contribution is 6.73. The zero-order chi connectivity index (χ0) is 30.7. The van der Waals surface area contributed by atoms with Crippen molar-refractivity contribution in [2.45, 2.75) is 116 Å². The number of fused-ring (bicyclic) bond motifs is 6. The highest BCUT2D eigenvalue weighted by Gasteiger charge is 2.72. The van der Waals surface area contributed by atoms with Gasteiger partial charge in [-0.3, -0.25) is 4.98 Å². The number of aliphatic hydroxyl groups is 2. The molecule has 8 nitrogen and oxygen atoms in total. The molecule has 2 aliphatic heterocycles. The molecule has 0 amide bonds. The van der Waals surface area contributed by atoms with Crippen molar-refractivity contribution < 1.29 is 28.2 Å². The van der Waals surface area contributed by atoms with Crippen LogP contribution in [0.3, 0.4) is 0 Å². The average molecular weight is 598 g/mol. The van der Waals surface area contributed by atoms with Crippen molar-refractivity contribution in [2.75, 3.05) is 6.61 Å². The van der Waals surface area contributed by atoms with Gasteiger partial charge in [-0.1, -0.05) is 55.4 Å². The second kappa shape index (κ2) is 9.24. The van der Waals surface area contributed by atoms with Crippen molar-refractivity contribution in [1.29, 1.82) is 0 Å². The fraction of sp³-hybridized carbons (Fsp3) is 0.697. The summed E-state index contributed by atoms with van der Waals surface area (Å²) in [5.74, 6) is 0.00813. The van der Waals surface area contributed by atoms with Crippen molar-refractivity contribution >= 4 is 8.56 Å². The van der Waals surface area contributed by atoms with Crippen LogP contribution >= 0.6 is 0 Å². The lowest BCUT2D eigenvalue weighted by atomic mass is 9.42. The van der Waals surface area contributed by atoms with Gasteiger partial charge in [0.15, 0.2) is 0 Å². The fourth-order valence-electron chi connectivity index (χ4n) is 9.64. The zero-order valence-electron chi connectivity index (χ0n) is 26.5. The van der Waals surface area contributed by atoms with Crippen LogP contribution in [0.15, 0.2) is 39.8 Å². The summed E-state index contributed by atoms with van der Waals surface area (Å²) in [6.45, 7) is 20.2. The summed E-state index contributed by atoms with van der Waals surface area (Å²) in [5.41, 5.74) is -1.81. The molecule has 2 aromatic heterocycles. The number of nitrogens with zero attached hydrogens (tertiary/aromatic N) is 1. The minimum atomic E-state index is -2.68. The molecular weight excluding hydrogens is 550 g/mol. The number of hydrogen-bond donors (Lipinski definition) is 2. The number of pyridine rings is 1. The van der Waals surface area contributed by atoms with Gasteiger partial charge in [0.2, 0.25) is 0 Å². The summed E-state index contributed by atoms with van der Waals surface area (Å²) in [6, 6.07) is 5.20. The first kappa shape index (κ1) is 30.0. The number of hydrogen-bond acceptors (Lipinski definition) is 8. The van der Waals surface area contributed by atoms with Crippen molar-refractivity contribution in [2.24, 2.45) is 22.7 Å². The van der Waals surface area contributed by atoms with Gasteiger partial charge in [0.1, 0.15) is 22.7 Å². The Balaban J connectivity index is 1.40. The third-order valence-corrected chi connectivity index (χ3v) is 16.5. The molecule has 4 aliphatic rings. The molecule has 3 unspecified atom stereocenters. The summed E-state index contributed by atoms with van der Waals surface area (Å²) in [7, 11) is -2.68. The van der Waals surface area contributed by atoms with E-state index in [1.54, 1.807) is 30.6 Å². The van der Waals surface area contributed by atoms with Crippen molar-refractivity contribution in [1.82, 2.24) is 4.98 Å². The maximum Gasteiger partial charge on any atom is 0.349 e. The van der Waals surface area contributed by atoms with Crippen LogP contribution in [-0.4, -0.2) is 48.2 Å². The Bertz CT molecular complexity index is 1420. The van der Waals surface area contributed by atoms with Crippen LogP contribution in [0, 0.1) is 22.7 Å². The van der Waals surface area contributed by atoms with Crippen LogP contribution in [0.25, 0.3) is 11.3 Å². The van der Waals surface area contributed by atoms with Gasteiger partial charge in [-0.2, -0.15) is 0 Å². The lowest BCUT2D eigenvalue weighted by Gasteiger charge is -2.69. The van der Waals surface area contributed by atoms with E-state index >= 15 is 0 Å². The smallest absolute Gasteiger partial charge is 0.349 e. The highest BCUT2D eigenvalue weighted by atomic mass is 28.4. The highest BCUT2D eigenvalue weighted by Crippen LogP contribution is 2.69. The molecule has 42 heavy (non-hydrogen) atoms. The minimum Gasteiger partial charge on any atom is -0.484 e. The standard InChI is InChI=1S/C33H47NO7Si/c1-29(2,3)42(30(4,5)6)38-18-32(8)22-16-23(35)33(9)27(31(22,7)13-12-24(32)41-42)26(36)25-21(40-33)15-20(39-28(25)37)19-11-10-14-34-17-19/h10-11,14-15,17,22-24,26-27,35-36H,12-13,16,18H2,1-9H3/t22?,23-,24-,26-,27?,31-,32?,33+/m0/s1. The predicted octanol–water partition coefficient (Wildman–Crippen LogP) is 6.15. The van der Waals surface area contributed by atoms with E-state index in [0.717, 1.165) is 12.8 Å². The molecule has 4 heterocycles. The molecule has 3 fully saturated rings. The molecule has 6 rings (SSSR count). The van der Waals surface area contributed by atoms with Gasteiger partial charge in [0, 0.05) is 52.0 Å². The lowest BCUT2D eigenvalue weighted by Crippen LogP contribution is -2.74. The van der Waals surface area contributed by atoms with Crippen molar-refractivity contribution in [3.05, 3.63) is 46.6 Å². The molecule has 2 saturated carbocycles. The van der Waals surface area contributed by atoms with E-state index in [0.29, 0.717) is 24.4 Å². The van der Waals surface area contributed by atoms with Crippen LogP contribution in [0.2, 0.25) is 10.1 Å². The van der Waals surface area contributed by atoms with Crippen molar-refractivity contribution in [3.63, 3.8) is 0 Å². The molecule has 0 aromatic carbocycles. The number of aliphatic hydroxyl groups excluding tert-OH is 2. The van der Waals surface area contributed by atoms with E-state index in [2.05, 4.69) is 60.4 Å². The second-order valence-electron chi connectivity index (χ2n) is 16.0. The minimum absolute atomic E-state index is 0.0213. The summed E-state index contributed by atoms with van der Waals surface area (Å²) in [6.07, 6.45) is 3.27. The Labute approximate surface area is 250 Å². The molecule has 230 valence electrons. The Hall–Kier alpha value is -2.04. The summed E-state index contributed by atoms with van der Waals surface area (Å²) >= 11 is 0. The van der Waals surface area contributed by atoms with Gasteiger partial charge in [0.05, 0.1) is 18.3 Å². The van der Waals surface area contributed by atoms with Crippen LogP contribution in [0.4, 0.5) is 0 Å². The number of rotatable bonds is 1. The number of ether oxygens (including phenoxy) is 1. The third kappa shape index (κ3) is 3.92. The number of aromatic nitrogens is 1. The largest absolute Gasteiger partial charge is 0.484 e. The quantitative estimate of drug-likeness (QED) is 0.377. The SMILES string of the molecule is CC12CO[Si](C(C)(C)C)(C(C)(C)C)O[C@H]1CC[C@@]1(C)C2C[C@H](O)[C@@]2(C)Oc3cc(-c4cccnc4)oc(=O)c3[C@H](O)C12. The molecule has 0 radical (unpaired) electrons. The van der Waals surface area contributed by atoms with E-state index in [4.69, 9.17) is 18.0 Å². The topological polar surface area (TPSA) is 111 Å². The van der Waals surface area contributed by atoms with Gasteiger partial charge in [-0.05, 0) is 49.7 Å². The molecule has 2 N–H and O–H groups in total. The Kier molecular flexibility index (Phi) is 6.60. The maximum absolute atomic E-state index is 13.4. The van der Waals surface area contributed by atoms with Crippen LogP contribution in [0.5, 0.6) is 5.75 Å². The first-order chi connectivity index (χ1) is 19.4. The van der Waals surface area contributed by atoms with Gasteiger partial charge in [-0.15, -0.1) is 0 Å². The molecule has 2 aliphatic carbocycles. The van der Waals surface area contributed by atoms with Gasteiger partial charge < -0.3 is 28.2 Å². The van der Waals surface area contributed by atoms with E-state index < -0.39 is 43.3 Å². The van der Waals surface area contributed by atoms with Gasteiger partial charge in [-0.25, -0.2) is 4.79 Å². The van der Waals surface area contributed by atoms with E-state index in [1.807, 2.05) is 6.92 Å². The van der Waals surface area contributed by atoms with Gasteiger partial charge >= 0.3 is 14.2 Å². The predicted molar refractivity (Wildman–Crippen MR) is 161 cm³/mol. The molecule has 8 atom stereocenters. The first-order valence-electron chi connectivity index (χ1n) is 15.3. The van der Waals surface area contributed by atoms with Crippen LogP contribution in [0.1, 0.15) is 93.2 Å². The fourth-order valence-corrected chi connectivity index (χ4v) is 14.8. The monoisotopic (exact) mass is 597 g/mol. The van der Waals surface area contributed by atoms with E-state index in [-0.39, 0.29) is 38.8 Å². The molecule has 2 aromatic rings. The summed E-state index contributed by atoms with van der Waals surface area (Å²) in [4.78, 5) is 17.5. The van der Waals surface area contributed by atoms with Crippen LogP contribution < -0.4 is 10.4 Å². The Morgan fingerprint density at radius 1 is 1.05 bits per heavy atom. The zero-order valence-corrected chi connectivity index (χ0v) is 27.5. The first-order valence-corrected chi connectivity index (χ1v) is 17.2.